The van der Waals surface area contributed by atoms with E-state index in [1.807, 2.05) is 6.07 Å². The van der Waals surface area contributed by atoms with Crippen LogP contribution in [0.1, 0.15) is 29.8 Å². The molecular formula is C12H17NO2. The largest absolute Gasteiger partial charge is 0.386 e. The zero-order valence-corrected chi connectivity index (χ0v) is 9.37. The number of hydrogen-bond donors (Lipinski definition) is 2. The molecule has 0 bridgehead atoms. The van der Waals surface area contributed by atoms with Crippen LogP contribution < -0.4 is 5.32 Å². The highest BCUT2D eigenvalue weighted by molar-refractivity contribution is 5.97. The molecule has 3 heteroatoms. The molecular weight excluding hydrogens is 190 g/mol. The van der Waals surface area contributed by atoms with Crippen molar-refractivity contribution in [1.29, 1.82) is 0 Å². The molecule has 0 radical (unpaired) electrons. The molecule has 0 aliphatic carbocycles. The molecule has 1 aromatic rings. The Hall–Kier alpha value is -1.19. The van der Waals surface area contributed by atoms with E-state index in [-0.39, 0.29) is 5.78 Å². The van der Waals surface area contributed by atoms with E-state index in [9.17, 15) is 9.90 Å². The van der Waals surface area contributed by atoms with E-state index in [4.69, 9.17) is 0 Å². The monoisotopic (exact) mass is 207 g/mol. The average Bonchev–Trinajstić information content (AvgIpc) is 2.17. The fourth-order valence-electron chi connectivity index (χ4n) is 1.34. The van der Waals surface area contributed by atoms with E-state index < -0.39 is 5.60 Å². The standard InChI is InChI=1S/C12H17NO2/c1-12(2,15)10-6-4-5-9(7-10)11(14)8-13-3/h4-7,13,15H,8H2,1-3H3. The van der Waals surface area contributed by atoms with Crippen LogP contribution >= 0.6 is 0 Å². The summed E-state index contributed by atoms with van der Waals surface area (Å²) in [5.41, 5.74) is 0.476. The molecule has 82 valence electrons. The molecule has 1 aromatic carbocycles. The second-order valence-corrected chi connectivity index (χ2v) is 4.09. The molecule has 0 heterocycles. The quantitative estimate of drug-likeness (QED) is 0.732. The number of ketones is 1. The molecule has 1 rings (SSSR count). The Labute approximate surface area is 90.1 Å². The van der Waals surface area contributed by atoms with Crippen LogP contribution in [0.3, 0.4) is 0 Å². The summed E-state index contributed by atoms with van der Waals surface area (Å²) in [6.07, 6.45) is 0. The van der Waals surface area contributed by atoms with Gasteiger partial charge in [-0.1, -0.05) is 18.2 Å². The summed E-state index contributed by atoms with van der Waals surface area (Å²) in [5.74, 6) is 0.0311. The van der Waals surface area contributed by atoms with Gasteiger partial charge in [0, 0.05) is 5.56 Å². The number of aliphatic hydroxyl groups is 1. The highest BCUT2D eigenvalue weighted by Crippen LogP contribution is 2.20. The van der Waals surface area contributed by atoms with Crippen LogP contribution in [0.2, 0.25) is 0 Å². The van der Waals surface area contributed by atoms with Gasteiger partial charge in [-0.05, 0) is 32.5 Å². The van der Waals surface area contributed by atoms with Gasteiger partial charge in [0.1, 0.15) is 0 Å². The van der Waals surface area contributed by atoms with Gasteiger partial charge in [0.2, 0.25) is 0 Å². The Morgan fingerprint density at radius 1 is 1.47 bits per heavy atom. The molecule has 0 saturated heterocycles. The first kappa shape index (κ1) is 11.9. The molecule has 0 fully saturated rings. The summed E-state index contributed by atoms with van der Waals surface area (Å²) in [5, 5.41) is 12.6. The van der Waals surface area contributed by atoms with Gasteiger partial charge >= 0.3 is 0 Å². The molecule has 0 aromatic heterocycles. The summed E-state index contributed by atoms with van der Waals surface area (Å²) in [4.78, 5) is 11.6. The van der Waals surface area contributed by atoms with Crippen molar-refractivity contribution in [3.05, 3.63) is 35.4 Å². The maximum Gasteiger partial charge on any atom is 0.176 e. The van der Waals surface area contributed by atoms with Crippen molar-refractivity contribution < 1.29 is 9.90 Å². The number of Topliss-reactive ketones (excluding diaryl/α,β-unsaturated/α-hetero) is 1. The SMILES string of the molecule is CNCC(=O)c1cccc(C(C)(C)O)c1. The second-order valence-electron chi connectivity index (χ2n) is 4.09. The first-order chi connectivity index (χ1) is 6.95. The van der Waals surface area contributed by atoms with E-state index in [0.717, 1.165) is 5.56 Å². The minimum Gasteiger partial charge on any atom is -0.386 e. The number of hydrogen-bond acceptors (Lipinski definition) is 3. The van der Waals surface area contributed by atoms with Crippen molar-refractivity contribution in [2.75, 3.05) is 13.6 Å². The number of carbonyl (C=O) groups is 1. The van der Waals surface area contributed by atoms with Gasteiger partial charge < -0.3 is 10.4 Å². The summed E-state index contributed by atoms with van der Waals surface area (Å²) in [6.45, 7) is 3.72. The third kappa shape index (κ3) is 3.15. The number of carbonyl (C=O) groups excluding carboxylic acids is 1. The van der Waals surface area contributed by atoms with Crippen molar-refractivity contribution in [2.45, 2.75) is 19.4 Å². The van der Waals surface area contributed by atoms with Gasteiger partial charge in [-0.2, -0.15) is 0 Å². The van der Waals surface area contributed by atoms with Crippen LogP contribution in [0.25, 0.3) is 0 Å². The Morgan fingerprint density at radius 3 is 2.67 bits per heavy atom. The lowest BCUT2D eigenvalue weighted by Gasteiger charge is -2.18. The third-order valence-corrected chi connectivity index (χ3v) is 2.23. The fourth-order valence-corrected chi connectivity index (χ4v) is 1.34. The van der Waals surface area contributed by atoms with Crippen molar-refractivity contribution in [1.82, 2.24) is 5.32 Å². The summed E-state index contributed by atoms with van der Waals surface area (Å²) < 4.78 is 0. The highest BCUT2D eigenvalue weighted by Gasteiger charge is 2.17. The van der Waals surface area contributed by atoms with E-state index >= 15 is 0 Å². The smallest absolute Gasteiger partial charge is 0.176 e. The second kappa shape index (κ2) is 4.55. The van der Waals surface area contributed by atoms with Gasteiger partial charge in [0.25, 0.3) is 0 Å². The number of likely N-dealkylation sites (N-methyl/N-ethyl adjacent to an activating group) is 1. The minimum atomic E-state index is -0.907. The van der Waals surface area contributed by atoms with Gasteiger partial charge in [0.05, 0.1) is 12.1 Å². The maximum atomic E-state index is 11.6. The lowest BCUT2D eigenvalue weighted by atomic mass is 9.95. The molecule has 0 unspecified atom stereocenters. The van der Waals surface area contributed by atoms with Gasteiger partial charge in [-0.15, -0.1) is 0 Å². The van der Waals surface area contributed by atoms with Crippen molar-refractivity contribution in [2.24, 2.45) is 0 Å². The summed E-state index contributed by atoms with van der Waals surface area (Å²) in [7, 11) is 1.73. The predicted molar refractivity (Wildman–Crippen MR) is 59.9 cm³/mol. The molecule has 0 aliphatic heterocycles. The van der Waals surface area contributed by atoms with Crippen LogP contribution in [0.4, 0.5) is 0 Å². The molecule has 2 N–H and O–H groups in total. The molecule has 15 heavy (non-hydrogen) atoms. The van der Waals surface area contributed by atoms with E-state index in [1.54, 1.807) is 39.1 Å². The third-order valence-electron chi connectivity index (χ3n) is 2.23. The van der Waals surface area contributed by atoms with Gasteiger partial charge in [0.15, 0.2) is 5.78 Å². The molecule has 0 aliphatic rings. The Balaban J connectivity index is 2.98. The van der Waals surface area contributed by atoms with E-state index in [1.165, 1.54) is 0 Å². The van der Waals surface area contributed by atoms with Crippen molar-refractivity contribution >= 4 is 5.78 Å². The van der Waals surface area contributed by atoms with Crippen LogP contribution in [0.5, 0.6) is 0 Å². The molecule has 3 nitrogen and oxygen atoms in total. The maximum absolute atomic E-state index is 11.6. The normalized spacial score (nSPS) is 11.5. The fraction of sp³-hybridized carbons (Fsp3) is 0.417. The van der Waals surface area contributed by atoms with Crippen LogP contribution in [0.15, 0.2) is 24.3 Å². The average molecular weight is 207 g/mol. The zero-order valence-electron chi connectivity index (χ0n) is 9.37. The van der Waals surface area contributed by atoms with E-state index in [2.05, 4.69) is 5.32 Å². The number of nitrogens with one attached hydrogen (secondary N) is 1. The van der Waals surface area contributed by atoms with Crippen LogP contribution in [0, 0.1) is 0 Å². The van der Waals surface area contributed by atoms with Crippen molar-refractivity contribution in [3.63, 3.8) is 0 Å². The zero-order chi connectivity index (χ0) is 11.5. The van der Waals surface area contributed by atoms with E-state index in [0.29, 0.717) is 12.1 Å². The Morgan fingerprint density at radius 2 is 2.13 bits per heavy atom. The summed E-state index contributed by atoms with van der Waals surface area (Å²) >= 11 is 0. The minimum absolute atomic E-state index is 0.0311. The highest BCUT2D eigenvalue weighted by atomic mass is 16.3. The summed E-state index contributed by atoms with van der Waals surface area (Å²) in [6, 6.07) is 7.10. The molecule has 0 amide bonds. The first-order valence-electron chi connectivity index (χ1n) is 4.96. The lowest BCUT2D eigenvalue weighted by molar-refractivity contribution is 0.0785. The first-order valence-corrected chi connectivity index (χ1v) is 4.96. The molecule has 0 spiro atoms. The van der Waals surface area contributed by atoms with Crippen molar-refractivity contribution in [3.8, 4) is 0 Å². The van der Waals surface area contributed by atoms with Crippen LogP contribution in [-0.4, -0.2) is 24.5 Å². The predicted octanol–water partition coefficient (Wildman–Crippen LogP) is 1.32. The van der Waals surface area contributed by atoms with Crippen LogP contribution in [-0.2, 0) is 5.60 Å². The Kier molecular flexibility index (Phi) is 3.61. The van der Waals surface area contributed by atoms with Gasteiger partial charge in [-0.25, -0.2) is 0 Å². The topological polar surface area (TPSA) is 49.3 Å². The molecule has 0 saturated carbocycles. The number of rotatable bonds is 4. The van der Waals surface area contributed by atoms with Gasteiger partial charge in [-0.3, -0.25) is 4.79 Å². The Bertz CT molecular complexity index is 353. The molecule has 0 atom stereocenters. The lowest BCUT2D eigenvalue weighted by Crippen LogP contribution is -2.20. The number of benzene rings is 1.